The van der Waals surface area contributed by atoms with Gasteiger partial charge in [0.25, 0.3) is 0 Å². The Balaban J connectivity index is 1.45. The summed E-state index contributed by atoms with van der Waals surface area (Å²) in [5.41, 5.74) is 2.17. The minimum absolute atomic E-state index is 0.178. The number of aryl methyl sites for hydroxylation is 1. The SMILES string of the molecule is CCn1c(SCC(=O)OCCOc2ccc(C)cc2)nnc1-c1ccccc1. The van der Waals surface area contributed by atoms with Crippen molar-refractivity contribution in [1.29, 1.82) is 0 Å². The number of thioether (sulfide) groups is 1. The summed E-state index contributed by atoms with van der Waals surface area (Å²) in [5, 5.41) is 9.20. The van der Waals surface area contributed by atoms with E-state index < -0.39 is 0 Å². The van der Waals surface area contributed by atoms with Crippen LogP contribution < -0.4 is 4.74 Å². The third-order valence-corrected chi connectivity index (χ3v) is 4.96. The molecule has 3 rings (SSSR count). The summed E-state index contributed by atoms with van der Waals surface area (Å²) in [6, 6.07) is 17.6. The van der Waals surface area contributed by atoms with Gasteiger partial charge in [-0.2, -0.15) is 0 Å². The van der Waals surface area contributed by atoms with E-state index >= 15 is 0 Å². The van der Waals surface area contributed by atoms with E-state index in [1.165, 1.54) is 17.3 Å². The Morgan fingerprint density at radius 1 is 1.04 bits per heavy atom. The first-order chi connectivity index (χ1) is 13.7. The van der Waals surface area contributed by atoms with Crippen LogP contribution in [0.25, 0.3) is 11.4 Å². The lowest BCUT2D eigenvalue weighted by atomic mass is 10.2. The Hall–Kier alpha value is -2.80. The third-order valence-electron chi connectivity index (χ3n) is 4.02. The van der Waals surface area contributed by atoms with Crippen molar-refractivity contribution >= 4 is 17.7 Å². The first kappa shape index (κ1) is 19.9. The molecule has 0 unspecified atom stereocenters. The number of esters is 1. The van der Waals surface area contributed by atoms with Gasteiger partial charge in [0.1, 0.15) is 19.0 Å². The van der Waals surface area contributed by atoms with E-state index in [1.807, 2.05) is 73.0 Å². The molecule has 0 fully saturated rings. The maximum atomic E-state index is 12.0. The Morgan fingerprint density at radius 3 is 2.50 bits per heavy atom. The average Bonchev–Trinajstić information content (AvgIpc) is 3.14. The summed E-state index contributed by atoms with van der Waals surface area (Å²) >= 11 is 1.33. The van der Waals surface area contributed by atoms with Crippen LogP contribution in [0.3, 0.4) is 0 Å². The number of nitrogens with zero attached hydrogens (tertiary/aromatic N) is 3. The van der Waals surface area contributed by atoms with Gasteiger partial charge in [-0.05, 0) is 26.0 Å². The van der Waals surface area contributed by atoms with Crippen molar-refractivity contribution in [3.8, 4) is 17.1 Å². The molecule has 0 saturated heterocycles. The molecule has 0 radical (unpaired) electrons. The van der Waals surface area contributed by atoms with Crippen LogP contribution in [0.1, 0.15) is 12.5 Å². The molecule has 0 N–H and O–H groups in total. The second-order valence-corrected chi connectivity index (χ2v) is 7.03. The Bertz CT molecular complexity index is 895. The quantitative estimate of drug-likeness (QED) is 0.309. The maximum Gasteiger partial charge on any atom is 0.316 e. The maximum absolute atomic E-state index is 12.0. The molecule has 0 amide bonds. The van der Waals surface area contributed by atoms with E-state index in [-0.39, 0.29) is 18.3 Å². The summed E-state index contributed by atoms with van der Waals surface area (Å²) in [7, 11) is 0. The van der Waals surface area contributed by atoms with Crippen LogP contribution in [0, 0.1) is 6.92 Å². The van der Waals surface area contributed by atoms with Crippen molar-refractivity contribution < 1.29 is 14.3 Å². The zero-order chi connectivity index (χ0) is 19.8. The van der Waals surface area contributed by atoms with Crippen LogP contribution >= 0.6 is 11.8 Å². The van der Waals surface area contributed by atoms with Gasteiger partial charge in [0.15, 0.2) is 11.0 Å². The molecule has 0 spiro atoms. The van der Waals surface area contributed by atoms with Gasteiger partial charge in [-0.1, -0.05) is 59.8 Å². The number of aromatic nitrogens is 3. The standard InChI is InChI=1S/C21H23N3O3S/c1-3-24-20(17-7-5-4-6-8-17)22-23-21(24)28-15-19(25)27-14-13-26-18-11-9-16(2)10-12-18/h4-12H,3,13-15H2,1-2H3. The van der Waals surface area contributed by atoms with Gasteiger partial charge in [-0.3, -0.25) is 4.79 Å². The number of hydrogen-bond acceptors (Lipinski definition) is 6. The number of ether oxygens (including phenoxy) is 2. The lowest BCUT2D eigenvalue weighted by Gasteiger charge is -2.08. The van der Waals surface area contributed by atoms with Crippen LogP contribution in [-0.2, 0) is 16.1 Å². The molecule has 2 aromatic carbocycles. The predicted molar refractivity (Wildman–Crippen MR) is 109 cm³/mol. The van der Waals surface area contributed by atoms with Crippen LogP contribution in [0.2, 0.25) is 0 Å². The highest BCUT2D eigenvalue weighted by molar-refractivity contribution is 7.99. The summed E-state index contributed by atoms with van der Waals surface area (Å²) < 4.78 is 12.8. The van der Waals surface area contributed by atoms with Gasteiger partial charge in [-0.25, -0.2) is 0 Å². The van der Waals surface area contributed by atoms with Gasteiger partial charge < -0.3 is 14.0 Å². The molecule has 0 saturated carbocycles. The highest BCUT2D eigenvalue weighted by atomic mass is 32.2. The molecular formula is C21H23N3O3S. The number of benzene rings is 2. The molecule has 28 heavy (non-hydrogen) atoms. The highest BCUT2D eigenvalue weighted by Gasteiger charge is 2.14. The number of carbonyl (C=O) groups is 1. The summed E-state index contributed by atoms with van der Waals surface area (Å²) in [6.45, 7) is 5.30. The Labute approximate surface area is 168 Å². The first-order valence-corrected chi connectivity index (χ1v) is 10.1. The molecule has 0 bridgehead atoms. The minimum atomic E-state index is -0.301. The molecule has 0 aliphatic rings. The van der Waals surface area contributed by atoms with E-state index in [2.05, 4.69) is 10.2 Å². The van der Waals surface area contributed by atoms with E-state index in [9.17, 15) is 4.79 Å². The summed E-state index contributed by atoms with van der Waals surface area (Å²) in [4.78, 5) is 12.0. The van der Waals surface area contributed by atoms with Crippen LogP contribution in [0.15, 0.2) is 59.8 Å². The smallest absolute Gasteiger partial charge is 0.316 e. The van der Waals surface area contributed by atoms with Gasteiger partial charge >= 0.3 is 5.97 Å². The molecule has 7 heteroatoms. The molecule has 0 aliphatic carbocycles. The van der Waals surface area contributed by atoms with Crippen molar-refractivity contribution in [3.63, 3.8) is 0 Å². The van der Waals surface area contributed by atoms with Gasteiger partial charge in [0.2, 0.25) is 0 Å². The van der Waals surface area contributed by atoms with Crippen molar-refractivity contribution in [1.82, 2.24) is 14.8 Å². The van der Waals surface area contributed by atoms with E-state index in [4.69, 9.17) is 9.47 Å². The zero-order valence-corrected chi connectivity index (χ0v) is 16.8. The highest BCUT2D eigenvalue weighted by Crippen LogP contribution is 2.23. The zero-order valence-electron chi connectivity index (χ0n) is 16.0. The molecule has 3 aromatic rings. The Kier molecular flexibility index (Phi) is 7.08. The van der Waals surface area contributed by atoms with Gasteiger partial charge in [-0.15, -0.1) is 10.2 Å². The summed E-state index contributed by atoms with van der Waals surface area (Å²) in [6.07, 6.45) is 0. The topological polar surface area (TPSA) is 66.2 Å². The van der Waals surface area contributed by atoms with Crippen molar-refractivity contribution in [2.75, 3.05) is 19.0 Å². The number of carbonyl (C=O) groups excluding carboxylic acids is 1. The fourth-order valence-corrected chi connectivity index (χ4v) is 3.40. The lowest BCUT2D eigenvalue weighted by Crippen LogP contribution is -2.14. The fourth-order valence-electron chi connectivity index (χ4n) is 2.60. The fraction of sp³-hybridized carbons (Fsp3) is 0.286. The van der Waals surface area contributed by atoms with Gasteiger partial charge in [0, 0.05) is 12.1 Å². The molecular weight excluding hydrogens is 374 g/mol. The third kappa shape index (κ3) is 5.36. The molecule has 0 atom stereocenters. The van der Waals surface area contributed by atoms with Crippen molar-refractivity contribution in [2.45, 2.75) is 25.5 Å². The lowest BCUT2D eigenvalue weighted by molar-refractivity contribution is -0.141. The first-order valence-electron chi connectivity index (χ1n) is 9.14. The van der Waals surface area contributed by atoms with E-state index in [1.54, 1.807) is 0 Å². The van der Waals surface area contributed by atoms with Crippen molar-refractivity contribution in [3.05, 3.63) is 60.2 Å². The average molecular weight is 398 g/mol. The van der Waals surface area contributed by atoms with Crippen LogP contribution in [0.4, 0.5) is 0 Å². The Morgan fingerprint density at radius 2 is 1.79 bits per heavy atom. The van der Waals surface area contributed by atoms with Crippen LogP contribution in [0.5, 0.6) is 5.75 Å². The number of hydrogen-bond donors (Lipinski definition) is 0. The summed E-state index contributed by atoms with van der Waals surface area (Å²) in [5.74, 6) is 1.44. The second-order valence-electron chi connectivity index (χ2n) is 6.09. The van der Waals surface area contributed by atoms with Crippen LogP contribution in [-0.4, -0.2) is 39.7 Å². The monoisotopic (exact) mass is 397 g/mol. The molecule has 1 aromatic heterocycles. The molecule has 146 valence electrons. The predicted octanol–water partition coefficient (Wildman–Crippen LogP) is 3.99. The van der Waals surface area contributed by atoms with Crippen molar-refractivity contribution in [2.24, 2.45) is 0 Å². The normalized spacial score (nSPS) is 10.6. The number of rotatable bonds is 9. The molecule has 0 aliphatic heterocycles. The second kappa shape index (κ2) is 9.94. The van der Waals surface area contributed by atoms with Gasteiger partial charge in [0.05, 0.1) is 5.75 Å². The largest absolute Gasteiger partial charge is 0.490 e. The van der Waals surface area contributed by atoms with E-state index in [0.717, 1.165) is 23.7 Å². The van der Waals surface area contributed by atoms with E-state index in [0.29, 0.717) is 11.8 Å². The molecule has 6 nitrogen and oxygen atoms in total. The minimum Gasteiger partial charge on any atom is -0.490 e. The molecule has 1 heterocycles.